The van der Waals surface area contributed by atoms with Gasteiger partial charge in [-0.25, -0.2) is 4.98 Å². The lowest BCUT2D eigenvalue weighted by molar-refractivity contribution is -0.118. The molecule has 108 valence electrons. The number of hydrogen-bond acceptors (Lipinski definition) is 4. The number of nitrogens with one attached hydrogen (secondary N) is 1. The van der Waals surface area contributed by atoms with Crippen molar-refractivity contribution in [3.05, 3.63) is 52.8 Å². The summed E-state index contributed by atoms with van der Waals surface area (Å²) in [4.78, 5) is 18.1. The van der Waals surface area contributed by atoms with Crippen LogP contribution in [0.15, 0.2) is 46.9 Å². The highest BCUT2D eigenvalue weighted by molar-refractivity contribution is 8.00. The Bertz CT molecular complexity index is 740. The lowest BCUT2D eigenvalue weighted by Crippen LogP contribution is -2.24. The highest BCUT2D eigenvalue weighted by Gasteiger charge is 2.07. The van der Waals surface area contributed by atoms with E-state index in [0.717, 1.165) is 15.6 Å². The lowest BCUT2D eigenvalue weighted by atomic mass is 10.4. The second-order valence-corrected chi connectivity index (χ2v) is 6.62. The monoisotopic (exact) mass is 337 g/mol. The zero-order valence-corrected chi connectivity index (χ0v) is 13.3. The summed E-state index contributed by atoms with van der Waals surface area (Å²) in [5.74, 6) is 0.308. The molecule has 0 unspecified atom stereocenters. The molecule has 0 atom stereocenters. The molecule has 0 fully saturated rings. The van der Waals surface area contributed by atoms with Crippen molar-refractivity contribution in [1.29, 1.82) is 0 Å². The predicted octanol–water partition coefficient (Wildman–Crippen LogP) is 3.46. The largest absolute Gasteiger partial charge is 0.350 e. The van der Waals surface area contributed by atoms with Crippen molar-refractivity contribution in [2.24, 2.45) is 0 Å². The Morgan fingerprint density at radius 2 is 2.29 bits per heavy atom. The van der Waals surface area contributed by atoms with Crippen molar-refractivity contribution in [3.8, 4) is 0 Å². The number of fused-ring (bicyclic) bond motifs is 1. The number of hydrogen-bond donors (Lipinski definition) is 1. The first-order chi connectivity index (χ1) is 10.2. The highest BCUT2D eigenvalue weighted by atomic mass is 35.5. The van der Waals surface area contributed by atoms with Gasteiger partial charge in [0.2, 0.25) is 5.91 Å². The van der Waals surface area contributed by atoms with Crippen LogP contribution in [0.1, 0.15) is 5.69 Å². The van der Waals surface area contributed by atoms with Crippen molar-refractivity contribution in [2.75, 3.05) is 5.75 Å². The third-order valence-electron chi connectivity index (χ3n) is 2.81. The maximum Gasteiger partial charge on any atom is 0.230 e. The van der Waals surface area contributed by atoms with Gasteiger partial charge in [-0.15, -0.1) is 23.1 Å². The Morgan fingerprint density at radius 3 is 3.10 bits per heavy atom. The summed E-state index contributed by atoms with van der Waals surface area (Å²) in [5, 5.41) is 5.51. The molecular weight excluding hydrogens is 326 g/mol. The number of rotatable bonds is 5. The summed E-state index contributed by atoms with van der Waals surface area (Å²) in [6.07, 6.45) is 3.87. The van der Waals surface area contributed by atoms with Crippen LogP contribution in [0.2, 0.25) is 5.02 Å². The van der Waals surface area contributed by atoms with Crippen LogP contribution < -0.4 is 5.32 Å². The molecule has 0 aliphatic rings. The number of carbonyl (C=O) groups excluding carboxylic acids is 1. The van der Waals surface area contributed by atoms with Gasteiger partial charge >= 0.3 is 0 Å². The van der Waals surface area contributed by atoms with Crippen molar-refractivity contribution in [2.45, 2.75) is 11.4 Å². The minimum atomic E-state index is -0.0312. The van der Waals surface area contributed by atoms with Gasteiger partial charge in [-0.05, 0) is 12.1 Å². The molecule has 0 aliphatic heterocycles. The van der Waals surface area contributed by atoms with E-state index in [-0.39, 0.29) is 5.91 Å². The number of carbonyl (C=O) groups is 1. The number of imidazole rings is 1. The Kier molecular flexibility index (Phi) is 4.48. The Labute approximate surface area is 135 Å². The maximum absolute atomic E-state index is 11.8. The van der Waals surface area contributed by atoms with E-state index in [1.165, 1.54) is 11.8 Å². The SMILES string of the molecule is O=C(CSc1ccccc1Cl)NCc1cn2ccsc2n1. The van der Waals surface area contributed by atoms with Crippen LogP contribution >= 0.6 is 34.7 Å². The molecule has 0 radical (unpaired) electrons. The van der Waals surface area contributed by atoms with Crippen molar-refractivity contribution in [1.82, 2.24) is 14.7 Å². The van der Waals surface area contributed by atoms with Crippen LogP contribution in [0.5, 0.6) is 0 Å². The zero-order valence-electron chi connectivity index (χ0n) is 11.0. The van der Waals surface area contributed by atoms with E-state index >= 15 is 0 Å². The fraction of sp³-hybridized carbons (Fsp3) is 0.143. The van der Waals surface area contributed by atoms with E-state index in [0.29, 0.717) is 17.3 Å². The second kappa shape index (κ2) is 6.51. The molecule has 7 heteroatoms. The van der Waals surface area contributed by atoms with Gasteiger partial charge in [-0.1, -0.05) is 23.7 Å². The van der Waals surface area contributed by atoms with Gasteiger partial charge in [0.05, 0.1) is 23.0 Å². The number of halogens is 1. The molecule has 2 heterocycles. The molecule has 0 aliphatic carbocycles. The predicted molar refractivity (Wildman–Crippen MR) is 87.1 cm³/mol. The summed E-state index contributed by atoms with van der Waals surface area (Å²) in [6, 6.07) is 7.50. The smallest absolute Gasteiger partial charge is 0.230 e. The average Bonchev–Trinajstić information content (AvgIpc) is 3.05. The van der Waals surface area contributed by atoms with Gasteiger partial charge < -0.3 is 5.32 Å². The van der Waals surface area contributed by atoms with Crippen LogP contribution in [0, 0.1) is 0 Å². The number of nitrogens with zero attached hydrogens (tertiary/aromatic N) is 2. The van der Waals surface area contributed by atoms with E-state index in [1.807, 2.05) is 46.4 Å². The number of thioether (sulfide) groups is 1. The summed E-state index contributed by atoms with van der Waals surface area (Å²) in [6.45, 7) is 0.441. The summed E-state index contributed by atoms with van der Waals surface area (Å²) in [7, 11) is 0. The molecule has 3 aromatic rings. The third kappa shape index (κ3) is 3.58. The molecule has 21 heavy (non-hydrogen) atoms. The first-order valence-corrected chi connectivity index (χ1v) is 8.52. The number of benzene rings is 1. The van der Waals surface area contributed by atoms with Gasteiger partial charge in [0, 0.05) is 22.7 Å². The number of aromatic nitrogens is 2. The number of thiazole rings is 1. The topological polar surface area (TPSA) is 46.4 Å². The minimum absolute atomic E-state index is 0.0312. The van der Waals surface area contributed by atoms with E-state index in [1.54, 1.807) is 11.3 Å². The zero-order chi connectivity index (χ0) is 14.7. The molecule has 3 rings (SSSR count). The molecular formula is C14H12ClN3OS2. The van der Waals surface area contributed by atoms with Gasteiger partial charge in [0.15, 0.2) is 4.96 Å². The van der Waals surface area contributed by atoms with Crippen LogP contribution in [-0.4, -0.2) is 21.0 Å². The molecule has 0 bridgehead atoms. The minimum Gasteiger partial charge on any atom is -0.350 e. The van der Waals surface area contributed by atoms with Crippen molar-refractivity contribution in [3.63, 3.8) is 0 Å². The fourth-order valence-corrected chi connectivity index (χ4v) is 3.59. The van der Waals surface area contributed by atoms with E-state index in [9.17, 15) is 4.79 Å². The molecule has 1 N–H and O–H groups in total. The average molecular weight is 338 g/mol. The summed E-state index contributed by atoms with van der Waals surface area (Å²) >= 11 is 9.05. The Hall–Kier alpha value is -1.50. The molecule has 2 aromatic heterocycles. The molecule has 0 saturated carbocycles. The van der Waals surface area contributed by atoms with Crippen molar-refractivity contribution < 1.29 is 4.79 Å². The van der Waals surface area contributed by atoms with Gasteiger partial charge in [0.1, 0.15) is 0 Å². The second-order valence-electron chi connectivity index (χ2n) is 4.32. The molecule has 1 amide bonds. The van der Waals surface area contributed by atoms with Crippen LogP contribution in [-0.2, 0) is 11.3 Å². The van der Waals surface area contributed by atoms with Gasteiger partial charge in [0.25, 0.3) is 0 Å². The quantitative estimate of drug-likeness (QED) is 0.725. The normalized spacial score (nSPS) is 10.9. The van der Waals surface area contributed by atoms with E-state index in [4.69, 9.17) is 11.6 Å². The summed E-state index contributed by atoms with van der Waals surface area (Å²) in [5.41, 5.74) is 0.859. The van der Waals surface area contributed by atoms with Crippen molar-refractivity contribution >= 4 is 45.6 Å². The first kappa shape index (κ1) is 14.4. The lowest BCUT2D eigenvalue weighted by Gasteiger charge is -2.04. The van der Waals surface area contributed by atoms with Crippen LogP contribution in [0.25, 0.3) is 4.96 Å². The van der Waals surface area contributed by atoms with Gasteiger partial charge in [-0.3, -0.25) is 9.20 Å². The molecule has 1 aromatic carbocycles. The van der Waals surface area contributed by atoms with Gasteiger partial charge in [-0.2, -0.15) is 0 Å². The fourth-order valence-electron chi connectivity index (χ4n) is 1.81. The Morgan fingerprint density at radius 1 is 1.43 bits per heavy atom. The van der Waals surface area contributed by atoms with Crippen LogP contribution in [0.3, 0.4) is 0 Å². The van der Waals surface area contributed by atoms with E-state index in [2.05, 4.69) is 10.3 Å². The molecule has 4 nitrogen and oxygen atoms in total. The first-order valence-electron chi connectivity index (χ1n) is 6.27. The summed E-state index contributed by atoms with van der Waals surface area (Å²) < 4.78 is 1.95. The van der Waals surface area contributed by atoms with E-state index < -0.39 is 0 Å². The maximum atomic E-state index is 11.8. The Balaban J connectivity index is 1.50. The highest BCUT2D eigenvalue weighted by Crippen LogP contribution is 2.26. The molecule has 0 saturated heterocycles. The third-order valence-corrected chi connectivity index (χ3v) is 5.09. The molecule has 0 spiro atoms. The standard InChI is InChI=1S/C14H12ClN3OS2/c15-11-3-1-2-4-12(11)21-9-13(19)16-7-10-8-18-5-6-20-14(18)17-10/h1-6,8H,7,9H2,(H,16,19). The van der Waals surface area contributed by atoms with Crippen LogP contribution in [0.4, 0.5) is 0 Å². The number of amides is 1.